The Labute approximate surface area is 124 Å². The summed E-state index contributed by atoms with van der Waals surface area (Å²) in [4.78, 5) is 11.8. The lowest BCUT2D eigenvalue weighted by Gasteiger charge is -2.03. The Kier molecular flexibility index (Phi) is 5.10. The van der Waals surface area contributed by atoms with Gasteiger partial charge in [-0.15, -0.1) is 0 Å². The summed E-state index contributed by atoms with van der Waals surface area (Å²) < 4.78 is 0. The predicted molar refractivity (Wildman–Crippen MR) is 83.4 cm³/mol. The van der Waals surface area contributed by atoms with Crippen molar-refractivity contribution < 1.29 is 9.90 Å². The van der Waals surface area contributed by atoms with Crippen LogP contribution >= 0.6 is 0 Å². The maximum Gasteiger partial charge on any atom is 0.244 e. The summed E-state index contributed by atoms with van der Waals surface area (Å²) in [6.45, 7) is 2.08. The average molecular weight is 282 g/mol. The standard InChI is InChI=1S/C17H18N2O2/c1-2-14-7-3-4-8-15(14)12-18-19-17(21)11-13-6-5-9-16(20)10-13/h3-10,12,20H,2,11H2,1H3,(H,19,21)/b18-12+. The van der Waals surface area contributed by atoms with Gasteiger partial charge in [0.2, 0.25) is 5.91 Å². The molecule has 0 aromatic heterocycles. The number of aryl methyl sites for hydroxylation is 1. The van der Waals surface area contributed by atoms with E-state index >= 15 is 0 Å². The second-order valence-electron chi connectivity index (χ2n) is 4.69. The number of carbonyl (C=O) groups is 1. The van der Waals surface area contributed by atoms with Crippen LogP contribution in [0.4, 0.5) is 0 Å². The Balaban J connectivity index is 1.93. The van der Waals surface area contributed by atoms with Gasteiger partial charge in [-0.2, -0.15) is 5.10 Å². The molecule has 21 heavy (non-hydrogen) atoms. The second kappa shape index (κ2) is 7.24. The molecule has 2 aromatic rings. The molecule has 2 N–H and O–H groups in total. The number of amides is 1. The largest absolute Gasteiger partial charge is 0.508 e. The number of phenolic OH excluding ortho intramolecular Hbond substituents is 1. The minimum absolute atomic E-state index is 0.153. The average Bonchev–Trinajstić information content (AvgIpc) is 2.47. The van der Waals surface area contributed by atoms with Crippen molar-refractivity contribution in [1.82, 2.24) is 5.43 Å². The van der Waals surface area contributed by atoms with Gasteiger partial charge in [0.1, 0.15) is 5.75 Å². The molecular weight excluding hydrogens is 264 g/mol. The van der Waals surface area contributed by atoms with E-state index in [0.29, 0.717) is 0 Å². The van der Waals surface area contributed by atoms with E-state index in [1.165, 1.54) is 5.56 Å². The summed E-state index contributed by atoms with van der Waals surface area (Å²) in [5, 5.41) is 13.3. The van der Waals surface area contributed by atoms with E-state index in [1.807, 2.05) is 24.3 Å². The summed E-state index contributed by atoms with van der Waals surface area (Å²) in [5.41, 5.74) is 5.43. The molecule has 4 heteroatoms. The van der Waals surface area contributed by atoms with Crippen LogP contribution in [0.2, 0.25) is 0 Å². The number of nitrogens with one attached hydrogen (secondary N) is 1. The molecule has 1 amide bonds. The summed E-state index contributed by atoms with van der Waals surface area (Å²) in [5.74, 6) is -0.0634. The molecule has 0 saturated carbocycles. The lowest BCUT2D eigenvalue weighted by molar-refractivity contribution is -0.120. The van der Waals surface area contributed by atoms with Crippen molar-refractivity contribution >= 4 is 12.1 Å². The number of nitrogens with zero attached hydrogens (tertiary/aromatic N) is 1. The maximum atomic E-state index is 11.8. The topological polar surface area (TPSA) is 61.7 Å². The smallest absolute Gasteiger partial charge is 0.244 e. The van der Waals surface area contributed by atoms with Crippen LogP contribution in [0.3, 0.4) is 0 Å². The summed E-state index contributed by atoms with van der Waals surface area (Å²) in [6.07, 6.45) is 2.75. The summed E-state index contributed by atoms with van der Waals surface area (Å²) >= 11 is 0. The molecule has 108 valence electrons. The number of aromatic hydroxyl groups is 1. The van der Waals surface area contributed by atoms with Gasteiger partial charge in [-0.3, -0.25) is 4.79 Å². The van der Waals surface area contributed by atoms with Crippen LogP contribution in [-0.4, -0.2) is 17.2 Å². The molecule has 4 nitrogen and oxygen atoms in total. The Hall–Kier alpha value is -2.62. The third kappa shape index (κ3) is 4.45. The van der Waals surface area contributed by atoms with Gasteiger partial charge in [0, 0.05) is 0 Å². The van der Waals surface area contributed by atoms with Gasteiger partial charge in [0.05, 0.1) is 12.6 Å². The van der Waals surface area contributed by atoms with E-state index in [9.17, 15) is 9.90 Å². The molecule has 0 unspecified atom stereocenters. The van der Waals surface area contributed by atoms with E-state index in [1.54, 1.807) is 30.5 Å². The quantitative estimate of drug-likeness (QED) is 0.654. The molecule has 0 fully saturated rings. The minimum atomic E-state index is -0.217. The highest BCUT2D eigenvalue weighted by Gasteiger charge is 2.03. The highest BCUT2D eigenvalue weighted by atomic mass is 16.3. The normalized spacial score (nSPS) is 10.7. The fourth-order valence-electron chi connectivity index (χ4n) is 2.05. The van der Waals surface area contributed by atoms with Crippen molar-refractivity contribution in [2.45, 2.75) is 19.8 Å². The van der Waals surface area contributed by atoms with Crippen LogP contribution in [0.15, 0.2) is 53.6 Å². The molecule has 0 aliphatic heterocycles. The summed E-state index contributed by atoms with van der Waals surface area (Å²) in [7, 11) is 0. The number of benzene rings is 2. The van der Waals surface area contributed by atoms with Gasteiger partial charge in [-0.25, -0.2) is 5.43 Å². The monoisotopic (exact) mass is 282 g/mol. The molecule has 0 aliphatic rings. The van der Waals surface area contributed by atoms with Crippen molar-refractivity contribution in [3.8, 4) is 5.75 Å². The molecule has 2 aromatic carbocycles. The zero-order valence-corrected chi connectivity index (χ0v) is 11.9. The zero-order valence-electron chi connectivity index (χ0n) is 11.9. The fraction of sp³-hybridized carbons (Fsp3) is 0.176. The van der Waals surface area contributed by atoms with Crippen LogP contribution in [0.1, 0.15) is 23.6 Å². The number of hydrogen-bond acceptors (Lipinski definition) is 3. The van der Waals surface area contributed by atoms with Gasteiger partial charge >= 0.3 is 0 Å². The van der Waals surface area contributed by atoms with Crippen LogP contribution in [-0.2, 0) is 17.6 Å². The first-order valence-electron chi connectivity index (χ1n) is 6.86. The molecular formula is C17H18N2O2. The van der Waals surface area contributed by atoms with Gasteiger partial charge < -0.3 is 5.11 Å². The molecule has 0 bridgehead atoms. The van der Waals surface area contributed by atoms with Crippen molar-refractivity contribution in [1.29, 1.82) is 0 Å². The Morgan fingerprint density at radius 2 is 2.05 bits per heavy atom. The number of hydrazone groups is 1. The van der Waals surface area contributed by atoms with E-state index < -0.39 is 0 Å². The predicted octanol–water partition coefficient (Wildman–Crippen LogP) is 2.65. The number of carbonyl (C=O) groups excluding carboxylic acids is 1. The number of phenols is 1. The van der Waals surface area contributed by atoms with Crippen molar-refractivity contribution in [2.24, 2.45) is 5.10 Å². The minimum Gasteiger partial charge on any atom is -0.508 e. The molecule has 0 radical (unpaired) electrons. The van der Waals surface area contributed by atoms with Gasteiger partial charge in [-0.1, -0.05) is 43.3 Å². The van der Waals surface area contributed by atoms with Gasteiger partial charge in [0.15, 0.2) is 0 Å². The maximum absolute atomic E-state index is 11.8. The van der Waals surface area contributed by atoms with E-state index in [2.05, 4.69) is 17.5 Å². The molecule has 0 spiro atoms. The zero-order chi connectivity index (χ0) is 15.1. The molecule has 0 saturated heterocycles. The first-order chi connectivity index (χ1) is 10.2. The first-order valence-corrected chi connectivity index (χ1v) is 6.86. The van der Waals surface area contributed by atoms with Crippen molar-refractivity contribution in [3.63, 3.8) is 0 Å². The van der Waals surface area contributed by atoms with E-state index in [0.717, 1.165) is 17.5 Å². The highest BCUT2D eigenvalue weighted by Crippen LogP contribution is 2.11. The second-order valence-corrected chi connectivity index (χ2v) is 4.69. The van der Waals surface area contributed by atoms with Gasteiger partial charge in [0.25, 0.3) is 0 Å². The van der Waals surface area contributed by atoms with Crippen molar-refractivity contribution in [2.75, 3.05) is 0 Å². The Bertz CT molecular complexity index is 651. The lowest BCUT2D eigenvalue weighted by Crippen LogP contribution is -2.19. The van der Waals surface area contributed by atoms with Gasteiger partial charge in [-0.05, 0) is 35.2 Å². The highest BCUT2D eigenvalue weighted by molar-refractivity contribution is 5.84. The first kappa shape index (κ1) is 14.8. The van der Waals surface area contributed by atoms with Crippen LogP contribution in [0, 0.1) is 0 Å². The Morgan fingerprint density at radius 1 is 1.24 bits per heavy atom. The Morgan fingerprint density at radius 3 is 2.81 bits per heavy atom. The third-order valence-electron chi connectivity index (χ3n) is 3.10. The SMILES string of the molecule is CCc1ccccc1/C=N/NC(=O)Cc1cccc(O)c1. The third-order valence-corrected chi connectivity index (χ3v) is 3.10. The number of rotatable bonds is 5. The van der Waals surface area contributed by atoms with Crippen LogP contribution in [0.25, 0.3) is 0 Å². The van der Waals surface area contributed by atoms with Crippen molar-refractivity contribution in [3.05, 3.63) is 65.2 Å². The molecule has 2 rings (SSSR count). The fourth-order valence-corrected chi connectivity index (χ4v) is 2.05. The lowest BCUT2D eigenvalue weighted by atomic mass is 10.1. The molecule has 0 atom stereocenters. The summed E-state index contributed by atoms with van der Waals surface area (Å²) in [6, 6.07) is 14.6. The number of hydrogen-bond donors (Lipinski definition) is 2. The molecule has 0 aliphatic carbocycles. The van der Waals surface area contributed by atoms with Crippen LogP contribution in [0.5, 0.6) is 5.75 Å². The van der Waals surface area contributed by atoms with Crippen LogP contribution < -0.4 is 5.43 Å². The van der Waals surface area contributed by atoms with E-state index in [-0.39, 0.29) is 18.1 Å². The van der Waals surface area contributed by atoms with E-state index in [4.69, 9.17) is 0 Å². The molecule has 0 heterocycles.